The van der Waals surface area contributed by atoms with Gasteiger partial charge < -0.3 is 0 Å². The van der Waals surface area contributed by atoms with E-state index in [1.807, 2.05) is 6.92 Å². The maximum atomic E-state index is 11.8. The highest BCUT2D eigenvalue weighted by atomic mass is 35.5. The maximum absolute atomic E-state index is 11.8. The summed E-state index contributed by atoms with van der Waals surface area (Å²) in [5.74, 6) is 0.212. The van der Waals surface area contributed by atoms with Crippen LogP contribution >= 0.6 is 22.9 Å². The van der Waals surface area contributed by atoms with E-state index < -0.39 is 0 Å². The fraction of sp³-hybridized carbons (Fsp3) is 0.357. The highest BCUT2D eigenvalue weighted by Gasteiger charge is 2.12. The zero-order chi connectivity index (χ0) is 15.4. The van der Waals surface area contributed by atoms with Crippen molar-refractivity contribution >= 4 is 40.1 Å². The van der Waals surface area contributed by atoms with Gasteiger partial charge in [0, 0.05) is 29.8 Å². The van der Waals surface area contributed by atoms with Crippen LogP contribution in [0.15, 0.2) is 17.7 Å². The average Bonchev–Trinajstić information content (AvgIpc) is 2.97. The fourth-order valence-electron chi connectivity index (χ4n) is 1.81. The Morgan fingerprint density at radius 3 is 2.95 bits per heavy atom. The number of nitrogens with one attached hydrogen (secondary N) is 1. The van der Waals surface area contributed by atoms with Crippen LogP contribution in [0.5, 0.6) is 0 Å². The van der Waals surface area contributed by atoms with Gasteiger partial charge in [0.25, 0.3) is 0 Å². The third kappa shape index (κ3) is 4.15. The molecular weight excluding hydrogens is 308 g/mol. The molecule has 0 bridgehead atoms. The Kier molecular flexibility index (Phi) is 5.14. The molecule has 0 radical (unpaired) electrons. The topological polar surface area (TPSA) is 59.8 Å². The molecule has 0 aromatic carbocycles. The lowest BCUT2D eigenvalue weighted by Crippen LogP contribution is -2.07. The molecule has 0 fully saturated rings. The van der Waals surface area contributed by atoms with Crippen LogP contribution in [0.25, 0.3) is 6.08 Å². The zero-order valence-electron chi connectivity index (χ0n) is 12.1. The first-order valence-electron chi connectivity index (χ1n) is 6.59. The summed E-state index contributed by atoms with van der Waals surface area (Å²) in [6.45, 7) is 6.83. The number of carbonyl (C=O) groups excluding carboxylic acids is 1. The van der Waals surface area contributed by atoms with Gasteiger partial charge in [0.1, 0.15) is 5.15 Å². The van der Waals surface area contributed by atoms with E-state index in [2.05, 4.69) is 29.2 Å². The second-order valence-electron chi connectivity index (χ2n) is 5.03. The highest BCUT2D eigenvalue weighted by molar-refractivity contribution is 7.13. The summed E-state index contributed by atoms with van der Waals surface area (Å²) in [6, 6.07) is 0. The minimum atomic E-state index is -0.239. The van der Waals surface area contributed by atoms with Gasteiger partial charge in [0.2, 0.25) is 5.91 Å². The third-order valence-corrected chi connectivity index (χ3v) is 3.80. The lowest BCUT2D eigenvalue weighted by molar-refractivity contribution is -0.111. The van der Waals surface area contributed by atoms with E-state index in [-0.39, 0.29) is 5.91 Å². The minimum absolute atomic E-state index is 0.239. The first-order chi connectivity index (χ1) is 9.97. The number of rotatable bonds is 5. The predicted octanol–water partition coefficient (Wildman–Crippen LogP) is 3.61. The fourth-order valence-corrected chi connectivity index (χ4v) is 2.65. The predicted molar refractivity (Wildman–Crippen MR) is 86.6 cm³/mol. The summed E-state index contributed by atoms with van der Waals surface area (Å²) in [5, 5.41) is 10.0. The molecule has 2 rings (SSSR count). The third-order valence-electron chi connectivity index (χ3n) is 2.71. The van der Waals surface area contributed by atoms with Crippen molar-refractivity contribution in [1.29, 1.82) is 0 Å². The van der Waals surface area contributed by atoms with E-state index in [9.17, 15) is 4.79 Å². The molecule has 2 heterocycles. The number of hydrogen-bond donors (Lipinski definition) is 1. The number of thiazole rings is 1. The molecule has 0 aliphatic heterocycles. The number of anilines is 1. The Labute approximate surface area is 132 Å². The van der Waals surface area contributed by atoms with Crippen molar-refractivity contribution in [2.24, 2.45) is 5.92 Å². The van der Waals surface area contributed by atoms with Crippen LogP contribution < -0.4 is 5.32 Å². The molecule has 1 N–H and O–H groups in total. The van der Waals surface area contributed by atoms with Gasteiger partial charge in [-0.3, -0.25) is 14.8 Å². The van der Waals surface area contributed by atoms with E-state index in [0.717, 1.165) is 17.8 Å². The maximum Gasteiger partial charge on any atom is 0.250 e. The molecule has 0 saturated heterocycles. The standard InChI is InChI=1S/C14H17ClN4OS/c1-9(2)8-19-13(15)11(10(3)18-19)4-5-12(20)17-14-16-6-7-21-14/h4-7,9H,8H2,1-3H3,(H,16,17,20). The van der Waals surface area contributed by atoms with E-state index in [1.165, 1.54) is 17.4 Å². The first-order valence-corrected chi connectivity index (χ1v) is 7.84. The van der Waals surface area contributed by atoms with Crippen molar-refractivity contribution in [2.45, 2.75) is 27.3 Å². The molecule has 1 amide bonds. The lowest BCUT2D eigenvalue weighted by Gasteiger charge is -2.05. The molecule has 0 aliphatic rings. The Bertz CT molecular complexity index is 646. The second-order valence-corrected chi connectivity index (χ2v) is 6.28. The lowest BCUT2D eigenvalue weighted by atomic mass is 10.2. The minimum Gasteiger partial charge on any atom is -0.298 e. The molecule has 2 aromatic heterocycles. The number of nitrogens with zero attached hydrogens (tertiary/aromatic N) is 3. The second kappa shape index (κ2) is 6.87. The summed E-state index contributed by atoms with van der Waals surface area (Å²) in [5.41, 5.74) is 1.57. The molecule has 0 spiro atoms. The van der Waals surface area contributed by atoms with Crippen molar-refractivity contribution in [1.82, 2.24) is 14.8 Å². The number of carbonyl (C=O) groups is 1. The van der Waals surface area contributed by atoms with E-state index in [0.29, 0.717) is 16.2 Å². The quantitative estimate of drug-likeness (QED) is 0.855. The van der Waals surface area contributed by atoms with Crippen LogP contribution in [0, 0.1) is 12.8 Å². The SMILES string of the molecule is Cc1nn(CC(C)C)c(Cl)c1C=CC(=O)Nc1nccs1. The molecule has 0 aliphatic carbocycles. The van der Waals surface area contributed by atoms with E-state index >= 15 is 0 Å². The highest BCUT2D eigenvalue weighted by Crippen LogP contribution is 2.22. The largest absolute Gasteiger partial charge is 0.298 e. The van der Waals surface area contributed by atoms with Crippen molar-refractivity contribution < 1.29 is 4.79 Å². The number of hydrogen-bond acceptors (Lipinski definition) is 4. The molecule has 7 heteroatoms. The Morgan fingerprint density at radius 1 is 1.57 bits per heavy atom. The molecular formula is C14H17ClN4OS. The van der Waals surface area contributed by atoms with Crippen molar-refractivity contribution in [2.75, 3.05) is 5.32 Å². The molecule has 5 nitrogen and oxygen atoms in total. The van der Waals surface area contributed by atoms with Crippen LogP contribution in [0.1, 0.15) is 25.1 Å². The molecule has 0 atom stereocenters. The van der Waals surface area contributed by atoms with Crippen LogP contribution in [0.4, 0.5) is 5.13 Å². The van der Waals surface area contributed by atoms with Crippen LogP contribution in [-0.4, -0.2) is 20.7 Å². The smallest absolute Gasteiger partial charge is 0.250 e. The molecule has 0 unspecified atom stereocenters. The van der Waals surface area contributed by atoms with Gasteiger partial charge in [-0.15, -0.1) is 11.3 Å². The van der Waals surface area contributed by atoms with Gasteiger partial charge >= 0.3 is 0 Å². The van der Waals surface area contributed by atoms with Crippen LogP contribution in [-0.2, 0) is 11.3 Å². The van der Waals surface area contributed by atoms with Gasteiger partial charge in [0.15, 0.2) is 5.13 Å². The Hall–Kier alpha value is -1.66. The van der Waals surface area contributed by atoms with Gasteiger partial charge in [-0.25, -0.2) is 4.98 Å². The van der Waals surface area contributed by atoms with Crippen LogP contribution in [0.2, 0.25) is 5.15 Å². The van der Waals surface area contributed by atoms with Gasteiger partial charge in [0.05, 0.1) is 5.69 Å². The molecule has 0 saturated carbocycles. The summed E-state index contributed by atoms with van der Waals surface area (Å²) in [6.07, 6.45) is 4.77. The monoisotopic (exact) mass is 324 g/mol. The summed E-state index contributed by atoms with van der Waals surface area (Å²) in [4.78, 5) is 15.8. The Balaban J connectivity index is 2.10. The molecule has 21 heavy (non-hydrogen) atoms. The zero-order valence-corrected chi connectivity index (χ0v) is 13.7. The van der Waals surface area contributed by atoms with Gasteiger partial charge in [-0.05, 0) is 18.9 Å². The van der Waals surface area contributed by atoms with Crippen molar-refractivity contribution in [3.63, 3.8) is 0 Å². The molecule has 112 valence electrons. The van der Waals surface area contributed by atoms with Gasteiger partial charge in [-0.2, -0.15) is 5.10 Å². The average molecular weight is 325 g/mol. The molecule has 2 aromatic rings. The summed E-state index contributed by atoms with van der Waals surface area (Å²) < 4.78 is 1.76. The van der Waals surface area contributed by atoms with E-state index in [4.69, 9.17) is 11.6 Å². The summed E-state index contributed by atoms with van der Waals surface area (Å²) in [7, 11) is 0. The van der Waals surface area contributed by atoms with Crippen molar-refractivity contribution in [3.05, 3.63) is 34.1 Å². The van der Waals surface area contributed by atoms with Crippen LogP contribution in [0.3, 0.4) is 0 Å². The Morgan fingerprint density at radius 2 is 2.33 bits per heavy atom. The van der Waals surface area contributed by atoms with E-state index in [1.54, 1.807) is 22.3 Å². The number of amides is 1. The first kappa shape index (κ1) is 15.7. The normalized spacial score (nSPS) is 11.5. The number of halogens is 1. The summed E-state index contributed by atoms with van der Waals surface area (Å²) >= 11 is 7.68. The van der Waals surface area contributed by atoms with Crippen molar-refractivity contribution in [3.8, 4) is 0 Å². The number of aryl methyl sites for hydroxylation is 1. The number of aromatic nitrogens is 3. The van der Waals surface area contributed by atoms with Gasteiger partial charge in [-0.1, -0.05) is 25.4 Å².